The summed E-state index contributed by atoms with van der Waals surface area (Å²) in [5.41, 5.74) is 0. The van der Waals surface area contributed by atoms with E-state index >= 15 is 0 Å². The number of hydrogen-bond acceptors (Lipinski definition) is 3. The van der Waals surface area contributed by atoms with Gasteiger partial charge in [-0.05, 0) is 19.3 Å². The fourth-order valence-electron chi connectivity index (χ4n) is 1.31. The second kappa shape index (κ2) is 6.57. The molecule has 0 fully saturated rings. The zero-order valence-electron chi connectivity index (χ0n) is 9.50. The summed E-state index contributed by atoms with van der Waals surface area (Å²) in [5.74, 6) is -0.634. The van der Waals surface area contributed by atoms with Gasteiger partial charge in [-0.25, -0.2) is 0 Å². The van der Waals surface area contributed by atoms with E-state index in [1.165, 1.54) is 0 Å². The molecular weight excluding hydrogens is 180 g/mol. The summed E-state index contributed by atoms with van der Waals surface area (Å²) >= 11 is 0. The predicted molar refractivity (Wildman–Crippen MR) is 54.9 cm³/mol. The van der Waals surface area contributed by atoms with E-state index in [9.17, 15) is 9.59 Å². The zero-order valence-corrected chi connectivity index (χ0v) is 9.50. The monoisotopic (exact) mass is 200 g/mol. The SMILES string of the molecule is CCOC(=O)C(CC)C(=O)CC(C)C. The highest BCUT2D eigenvalue weighted by Gasteiger charge is 2.25. The van der Waals surface area contributed by atoms with E-state index in [2.05, 4.69) is 0 Å². The first-order valence-corrected chi connectivity index (χ1v) is 5.22. The number of Topliss-reactive ketones (excluding diaryl/α,β-unsaturated/α-hetero) is 1. The maximum atomic E-state index is 11.6. The highest BCUT2D eigenvalue weighted by Crippen LogP contribution is 2.13. The lowest BCUT2D eigenvalue weighted by molar-refractivity contribution is -0.151. The van der Waals surface area contributed by atoms with Gasteiger partial charge in [0.2, 0.25) is 0 Å². The molecule has 82 valence electrons. The molecule has 0 aliphatic rings. The van der Waals surface area contributed by atoms with Crippen LogP contribution in [0.5, 0.6) is 0 Å². The third-order valence-electron chi connectivity index (χ3n) is 1.98. The van der Waals surface area contributed by atoms with Gasteiger partial charge in [0.1, 0.15) is 11.7 Å². The minimum atomic E-state index is -0.558. The van der Waals surface area contributed by atoms with Crippen molar-refractivity contribution in [2.24, 2.45) is 11.8 Å². The topological polar surface area (TPSA) is 43.4 Å². The Morgan fingerprint density at radius 3 is 2.14 bits per heavy atom. The molecule has 3 nitrogen and oxygen atoms in total. The summed E-state index contributed by atoms with van der Waals surface area (Å²) in [6, 6.07) is 0. The molecule has 0 saturated carbocycles. The molecule has 0 rings (SSSR count). The molecule has 0 aromatic carbocycles. The van der Waals surface area contributed by atoms with Crippen molar-refractivity contribution in [1.82, 2.24) is 0 Å². The van der Waals surface area contributed by atoms with Crippen LogP contribution in [-0.2, 0) is 14.3 Å². The van der Waals surface area contributed by atoms with Crippen LogP contribution in [0.3, 0.4) is 0 Å². The molecule has 14 heavy (non-hydrogen) atoms. The van der Waals surface area contributed by atoms with Gasteiger partial charge in [0.15, 0.2) is 0 Å². The molecule has 0 heterocycles. The molecule has 0 N–H and O–H groups in total. The highest BCUT2D eigenvalue weighted by molar-refractivity contribution is 5.98. The average molecular weight is 200 g/mol. The lowest BCUT2D eigenvalue weighted by Crippen LogP contribution is -2.26. The van der Waals surface area contributed by atoms with Crippen LogP contribution < -0.4 is 0 Å². The number of ketones is 1. The van der Waals surface area contributed by atoms with Crippen molar-refractivity contribution in [2.45, 2.75) is 40.5 Å². The first-order chi connectivity index (χ1) is 6.52. The van der Waals surface area contributed by atoms with Crippen LogP contribution in [-0.4, -0.2) is 18.4 Å². The first kappa shape index (κ1) is 13.1. The molecule has 3 heteroatoms. The van der Waals surface area contributed by atoms with E-state index in [-0.39, 0.29) is 11.8 Å². The van der Waals surface area contributed by atoms with Crippen molar-refractivity contribution >= 4 is 11.8 Å². The predicted octanol–water partition coefficient (Wildman–Crippen LogP) is 2.19. The number of ether oxygens (including phenoxy) is 1. The standard InChI is InChI=1S/C11H20O3/c1-5-9(11(13)14-6-2)10(12)7-8(3)4/h8-9H,5-7H2,1-4H3. The van der Waals surface area contributed by atoms with Gasteiger partial charge >= 0.3 is 5.97 Å². The second-order valence-corrected chi connectivity index (χ2v) is 3.78. The van der Waals surface area contributed by atoms with Gasteiger partial charge in [0.05, 0.1) is 6.61 Å². The Hall–Kier alpha value is -0.860. The van der Waals surface area contributed by atoms with Crippen LogP contribution in [0.15, 0.2) is 0 Å². The van der Waals surface area contributed by atoms with Gasteiger partial charge in [-0.15, -0.1) is 0 Å². The third-order valence-corrected chi connectivity index (χ3v) is 1.98. The Kier molecular flexibility index (Phi) is 6.17. The molecule has 0 amide bonds. The minimum absolute atomic E-state index is 0.000880. The van der Waals surface area contributed by atoms with Gasteiger partial charge in [-0.2, -0.15) is 0 Å². The molecule has 0 aromatic heterocycles. The van der Waals surface area contributed by atoms with Gasteiger partial charge in [-0.3, -0.25) is 9.59 Å². The van der Waals surface area contributed by atoms with Crippen LogP contribution in [0.25, 0.3) is 0 Å². The lowest BCUT2D eigenvalue weighted by Gasteiger charge is -2.13. The number of carbonyl (C=O) groups is 2. The van der Waals surface area contributed by atoms with E-state index in [4.69, 9.17) is 4.74 Å². The number of hydrogen-bond donors (Lipinski definition) is 0. The van der Waals surface area contributed by atoms with Crippen LogP contribution >= 0.6 is 0 Å². The summed E-state index contributed by atoms with van der Waals surface area (Å²) < 4.78 is 4.84. The molecule has 0 spiro atoms. The smallest absolute Gasteiger partial charge is 0.316 e. The zero-order chi connectivity index (χ0) is 11.1. The Balaban J connectivity index is 4.25. The quantitative estimate of drug-likeness (QED) is 0.487. The Labute approximate surface area is 85.8 Å². The molecule has 0 aliphatic heterocycles. The van der Waals surface area contributed by atoms with Crippen molar-refractivity contribution in [3.8, 4) is 0 Å². The third kappa shape index (κ3) is 4.40. The van der Waals surface area contributed by atoms with Crippen molar-refractivity contribution in [3.63, 3.8) is 0 Å². The van der Waals surface area contributed by atoms with Crippen LogP contribution in [0, 0.1) is 11.8 Å². The molecule has 1 unspecified atom stereocenters. The van der Waals surface area contributed by atoms with E-state index < -0.39 is 5.92 Å². The molecule has 0 saturated heterocycles. The summed E-state index contributed by atoms with van der Waals surface area (Å²) in [7, 11) is 0. The molecule has 0 aliphatic carbocycles. The maximum Gasteiger partial charge on any atom is 0.316 e. The van der Waals surface area contributed by atoms with Gasteiger partial charge in [0.25, 0.3) is 0 Å². The largest absolute Gasteiger partial charge is 0.465 e. The van der Waals surface area contributed by atoms with Gasteiger partial charge < -0.3 is 4.74 Å². The minimum Gasteiger partial charge on any atom is -0.465 e. The van der Waals surface area contributed by atoms with Crippen molar-refractivity contribution in [2.75, 3.05) is 6.61 Å². The van der Waals surface area contributed by atoms with E-state index in [1.807, 2.05) is 20.8 Å². The second-order valence-electron chi connectivity index (χ2n) is 3.78. The summed E-state index contributed by atoms with van der Waals surface area (Å²) in [6.45, 7) is 7.85. The molecule has 0 bridgehead atoms. The van der Waals surface area contributed by atoms with E-state index in [1.54, 1.807) is 6.92 Å². The molecule has 1 atom stereocenters. The maximum absolute atomic E-state index is 11.6. The van der Waals surface area contributed by atoms with Gasteiger partial charge in [-0.1, -0.05) is 20.8 Å². The fourth-order valence-corrected chi connectivity index (χ4v) is 1.31. The number of rotatable bonds is 6. The first-order valence-electron chi connectivity index (χ1n) is 5.22. The van der Waals surface area contributed by atoms with E-state index in [0.717, 1.165) is 0 Å². The Morgan fingerprint density at radius 2 is 1.79 bits per heavy atom. The fraction of sp³-hybridized carbons (Fsp3) is 0.818. The van der Waals surface area contributed by atoms with Crippen LogP contribution in [0.1, 0.15) is 40.5 Å². The molecule has 0 aromatic rings. The van der Waals surface area contributed by atoms with Crippen molar-refractivity contribution < 1.29 is 14.3 Å². The van der Waals surface area contributed by atoms with Crippen molar-refractivity contribution in [3.05, 3.63) is 0 Å². The lowest BCUT2D eigenvalue weighted by atomic mass is 9.94. The average Bonchev–Trinajstić information content (AvgIpc) is 2.04. The molecule has 0 radical (unpaired) electrons. The van der Waals surface area contributed by atoms with Crippen LogP contribution in [0.2, 0.25) is 0 Å². The van der Waals surface area contributed by atoms with Crippen LogP contribution in [0.4, 0.5) is 0 Å². The van der Waals surface area contributed by atoms with Crippen molar-refractivity contribution in [1.29, 1.82) is 0 Å². The number of carbonyl (C=O) groups excluding carboxylic acids is 2. The Morgan fingerprint density at radius 1 is 1.21 bits per heavy atom. The molecular formula is C11H20O3. The van der Waals surface area contributed by atoms with E-state index in [0.29, 0.717) is 25.4 Å². The number of esters is 1. The highest BCUT2D eigenvalue weighted by atomic mass is 16.5. The summed E-state index contributed by atoms with van der Waals surface area (Å²) in [4.78, 5) is 23.0. The van der Waals surface area contributed by atoms with Gasteiger partial charge in [0, 0.05) is 6.42 Å². The Bertz CT molecular complexity index is 197. The summed E-state index contributed by atoms with van der Waals surface area (Å²) in [5, 5.41) is 0. The normalized spacial score (nSPS) is 12.6. The summed E-state index contributed by atoms with van der Waals surface area (Å²) in [6.07, 6.45) is 0.988.